The van der Waals surface area contributed by atoms with Crippen LogP contribution in [0.2, 0.25) is 0 Å². The molecule has 0 saturated carbocycles. The highest BCUT2D eigenvalue weighted by molar-refractivity contribution is 7.54. The van der Waals surface area contributed by atoms with Gasteiger partial charge < -0.3 is 29.7 Å². The van der Waals surface area contributed by atoms with Crippen molar-refractivity contribution in [1.82, 2.24) is 5.32 Å². The molecule has 1 aromatic rings. The zero-order chi connectivity index (χ0) is 18.1. The second-order valence-electron chi connectivity index (χ2n) is 5.72. The first kappa shape index (κ1) is 18.3. The highest BCUT2D eigenvalue weighted by Gasteiger charge is 2.50. The van der Waals surface area contributed by atoms with E-state index in [0.29, 0.717) is 17.1 Å². The van der Waals surface area contributed by atoms with Crippen molar-refractivity contribution in [3.8, 4) is 11.5 Å². The number of amides is 1. The van der Waals surface area contributed by atoms with Gasteiger partial charge in [0, 0.05) is 0 Å². The lowest BCUT2D eigenvalue weighted by Crippen LogP contribution is -2.50. The fourth-order valence-corrected chi connectivity index (χ4v) is 2.90. The molecule has 0 fully saturated rings. The molecule has 1 heterocycles. The molecule has 4 N–H and O–H groups in total. The quantitative estimate of drug-likeness (QED) is 0.537. The van der Waals surface area contributed by atoms with E-state index in [9.17, 15) is 23.9 Å². The Kier molecular flexibility index (Phi) is 4.89. The van der Waals surface area contributed by atoms with Gasteiger partial charge in [-0.25, -0.2) is 0 Å². The van der Waals surface area contributed by atoms with Crippen molar-refractivity contribution in [3.63, 3.8) is 0 Å². The molecule has 24 heavy (non-hydrogen) atoms. The molecule has 9 nitrogen and oxygen atoms in total. The number of fused-ring (bicyclic) bond motifs is 1. The van der Waals surface area contributed by atoms with Gasteiger partial charge in [0.1, 0.15) is 6.04 Å². The minimum atomic E-state index is -4.89. The molecule has 2 rings (SSSR count). The third kappa shape index (κ3) is 3.53. The Hall–Kier alpha value is -2.09. The van der Waals surface area contributed by atoms with Crippen LogP contribution in [-0.2, 0) is 20.6 Å². The summed E-state index contributed by atoms with van der Waals surface area (Å²) in [6.45, 7) is 2.36. The lowest BCUT2D eigenvalue weighted by atomic mass is 9.98. The second kappa shape index (κ2) is 6.43. The summed E-state index contributed by atoms with van der Waals surface area (Å²) in [7, 11) is -4.89. The molecular weight excluding hydrogens is 341 g/mol. The van der Waals surface area contributed by atoms with Crippen molar-refractivity contribution in [2.24, 2.45) is 0 Å². The Morgan fingerprint density at radius 2 is 1.96 bits per heavy atom. The number of aliphatic carboxylic acids is 1. The van der Waals surface area contributed by atoms with Gasteiger partial charge in [0.05, 0.1) is 0 Å². The third-order valence-corrected chi connectivity index (χ3v) is 5.48. The molecule has 0 radical (unpaired) electrons. The van der Waals surface area contributed by atoms with Crippen LogP contribution in [0.4, 0.5) is 0 Å². The van der Waals surface area contributed by atoms with Crippen molar-refractivity contribution >= 4 is 19.5 Å². The number of hydrogen-bond acceptors (Lipinski definition) is 5. The number of rotatable bonds is 6. The minimum Gasteiger partial charge on any atom is -0.480 e. The average molecular weight is 359 g/mol. The van der Waals surface area contributed by atoms with Crippen molar-refractivity contribution < 1.29 is 38.5 Å². The fraction of sp³-hybridized carbons (Fsp3) is 0.429. The van der Waals surface area contributed by atoms with Crippen LogP contribution in [0, 0.1) is 0 Å². The lowest BCUT2D eigenvalue weighted by molar-refractivity contribution is -0.141. The molecular formula is C14H18NO8P. The third-order valence-electron chi connectivity index (χ3n) is 3.84. The van der Waals surface area contributed by atoms with Crippen LogP contribution in [0.3, 0.4) is 0 Å². The molecule has 1 aliphatic heterocycles. The van der Waals surface area contributed by atoms with E-state index in [2.05, 4.69) is 5.32 Å². The molecule has 0 saturated heterocycles. The number of hydrogen-bond donors (Lipinski definition) is 4. The van der Waals surface area contributed by atoms with Crippen LogP contribution in [0.25, 0.3) is 0 Å². The van der Waals surface area contributed by atoms with E-state index in [-0.39, 0.29) is 13.2 Å². The van der Waals surface area contributed by atoms with E-state index in [1.807, 2.05) is 0 Å². The van der Waals surface area contributed by atoms with Gasteiger partial charge in [-0.3, -0.25) is 14.2 Å². The van der Waals surface area contributed by atoms with E-state index < -0.39 is 30.7 Å². The van der Waals surface area contributed by atoms with Crippen LogP contribution in [0.1, 0.15) is 19.4 Å². The Morgan fingerprint density at radius 3 is 2.54 bits per heavy atom. The van der Waals surface area contributed by atoms with Crippen molar-refractivity contribution in [2.45, 2.75) is 31.5 Å². The predicted molar refractivity (Wildman–Crippen MR) is 82.0 cm³/mol. The Morgan fingerprint density at radius 1 is 1.33 bits per heavy atom. The average Bonchev–Trinajstić information content (AvgIpc) is 2.93. The number of benzene rings is 1. The molecule has 0 spiro atoms. The number of carbonyl (C=O) groups excluding carboxylic acids is 1. The van der Waals surface area contributed by atoms with Gasteiger partial charge in [-0.05, 0) is 38.0 Å². The molecule has 1 aliphatic rings. The Bertz CT molecular complexity index is 715. The van der Waals surface area contributed by atoms with Crippen LogP contribution < -0.4 is 14.8 Å². The standard InChI is InChI=1S/C14H18NO8P/c1-8(12(16)17)15-13(18)14(2,24(19,20)21)6-9-3-4-10-11(5-9)23-7-22-10/h3-5,8H,6-7H2,1-2H3,(H,15,18)(H,16,17)(H2,19,20,21)/t8?,14-/m0/s1. The van der Waals surface area contributed by atoms with Crippen LogP contribution >= 0.6 is 7.60 Å². The maximum absolute atomic E-state index is 12.3. The lowest BCUT2D eigenvalue weighted by Gasteiger charge is -2.30. The van der Waals surface area contributed by atoms with Gasteiger partial charge in [0.25, 0.3) is 0 Å². The first-order valence-corrected chi connectivity index (χ1v) is 8.64. The molecule has 0 bridgehead atoms. The van der Waals surface area contributed by atoms with E-state index in [1.165, 1.54) is 13.0 Å². The van der Waals surface area contributed by atoms with E-state index in [1.54, 1.807) is 12.1 Å². The molecule has 2 atom stereocenters. The first-order valence-electron chi connectivity index (χ1n) is 7.02. The summed E-state index contributed by atoms with van der Waals surface area (Å²) in [5, 5.41) is 8.85. The number of carboxylic acid groups (broad SMARTS) is 1. The summed E-state index contributed by atoms with van der Waals surface area (Å²) in [5.41, 5.74) is 0.447. The molecule has 10 heteroatoms. The summed E-state index contributed by atoms with van der Waals surface area (Å²) >= 11 is 0. The number of nitrogens with one attached hydrogen (secondary N) is 1. The van der Waals surface area contributed by atoms with E-state index in [4.69, 9.17) is 14.6 Å². The number of ether oxygens (including phenoxy) is 2. The summed E-state index contributed by atoms with van der Waals surface area (Å²) in [6.07, 6.45) is -0.300. The summed E-state index contributed by atoms with van der Waals surface area (Å²) in [4.78, 5) is 42.5. The van der Waals surface area contributed by atoms with Crippen molar-refractivity contribution in [3.05, 3.63) is 23.8 Å². The highest BCUT2D eigenvalue weighted by Crippen LogP contribution is 2.52. The number of carbonyl (C=O) groups is 2. The SMILES string of the molecule is CC(NC(=O)[C@](C)(Cc1ccc2c(c1)OCO2)P(=O)(O)O)C(=O)O. The molecule has 1 amide bonds. The van der Waals surface area contributed by atoms with Gasteiger partial charge in [0.15, 0.2) is 16.7 Å². The monoisotopic (exact) mass is 359 g/mol. The number of carboxylic acids is 1. The zero-order valence-corrected chi connectivity index (χ0v) is 13.9. The predicted octanol–water partition coefficient (Wildman–Crippen LogP) is 0.483. The maximum atomic E-state index is 12.3. The topological polar surface area (TPSA) is 142 Å². The van der Waals surface area contributed by atoms with E-state index >= 15 is 0 Å². The largest absolute Gasteiger partial charge is 0.480 e. The van der Waals surface area contributed by atoms with Gasteiger partial charge in [-0.1, -0.05) is 6.07 Å². The molecule has 132 valence electrons. The normalized spacial score (nSPS) is 17.0. The van der Waals surface area contributed by atoms with Gasteiger partial charge in [0.2, 0.25) is 12.7 Å². The van der Waals surface area contributed by atoms with Gasteiger partial charge in [-0.2, -0.15) is 0 Å². The van der Waals surface area contributed by atoms with Crippen LogP contribution in [0.15, 0.2) is 18.2 Å². The van der Waals surface area contributed by atoms with Gasteiger partial charge in [-0.15, -0.1) is 0 Å². The first-order chi connectivity index (χ1) is 11.0. The Balaban J connectivity index is 2.29. The van der Waals surface area contributed by atoms with Crippen LogP contribution in [0.5, 0.6) is 11.5 Å². The second-order valence-corrected chi connectivity index (χ2v) is 7.79. The summed E-state index contributed by atoms with van der Waals surface area (Å²) < 4.78 is 22.3. The smallest absolute Gasteiger partial charge is 0.341 e. The summed E-state index contributed by atoms with van der Waals surface area (Å²) in [5.74, 6) is -1.43. The van der Waals surface area contributed by atoms with Crippen molar-refractivity contribution in [1.29, 1.82) is 0 Å². The fourth-order valence-electron chi connectivity index (χ4n) is 2.18. The molecule has 1 unspecified atom stereocenters. The van der Waals surface area contributed by atoms with Gasteiger partial charge >= 0.3 is 13.6 Å². The van der Waals surface area contributed by atoms with E-state index in [0.717, 1.165) is 6.92 Å². The summed E-state index contributed by atoms with van der Waals surface area (Å²) in [6, 6.07) is 3.40. The molecule has 0 aliphatic carbocycles. The molecule has 0 aromatic heterocycles. The minimum absolute atomic E-state index is 0.0468. The zero-order valence-electron chi connectivity index (χ0n) is 13.1. The molecule has 1 aromatic carbocycles. The van der Waals surface area contributed by atoms with Crippen molar-refractivity contribution in [2.75, 3.05) is 6.79 Å². The highest BCUT2D eigenvalue weighted by atomic mass is 31.2. The Labute approximate surface area is 137 Å². The van der Waals surface area contributed by atoms with Crippen LogP contribution in [-0.4, -0.2) is 44.8 Å². The maximum Gasteiger partial charge on any atom is 0.341 e.